The number of fused-ring (bicyclic) bond motifs is 1. The van der Waals surface area contributed by atoms with Gasteiger partial charge in [0, 0.05) is 6.20 Å². The Labute approximate surface area is 89.4 Å². The van der Waals surface area contributed by atoms with Crippen LogP contribution in [0.3, 0.4) is 0 Å². The molecular formula is C10H7N3OS. The average molecular weight is 217 g/mol. The first-order chi connectivity index (χ1) is 7.34. The second kappa shape index (κ2) is 3.06. The Morgan fingerprint density at radius 2 is 2.27 bits per heavy atom. The van der Waals surface area contributed by atoms with Crippen LogP contribution in [0, 0.1) is 0 Å². The van der Waals surface area contributed by atoms with Crippen molar-refractivity contribution < 1.29 is 4.42 Å². The molecule has 3 aromatic heterocycles. The van der Waals surface area contributed by atoms with E-state index < -0.39 is 0 Å². The second-order valence-corrected chi connectivity index (χ2v) is 4.15. The molecule has 0 aliphatic rings. The number of hydrogen-bond acceptors (Lipinski definition) is 5. The number of nitrogens with zero attached hydrogens (tertiary/aromatic N) is 2. The minimum absolute atomic E-state index is 0.562. The molecule has 0 bridgehead atoms. The van der Waals surface area contributed by atoms with Crippen molar-refractivity contribution in [1.29, 1.82) is 0 Å². The minimum Gasteiger partial charge on any atom is -0.451 e. The average Bonchev–Trinajstić information content (AvgIpc) is 2.86. The van der Waals surface area contributed by atoms with E-state index in [-0.39, 0.29) is 0 Å². The van der Waals surface area contributed by atoms with Gasteiger partial charge in [-0.3, -0.25) is 0 Å². The standard InChI is InChI=1S/C10H7N3OS/c11-10-9-6(1-2-12-10)3-8(15-9)7-4-14-5-13-7/h1-5H,(H2,11,12). The molecule has 0 saturated carbocycles. The minimum atomic E-state index is 0.562. The molecule has 5 heteroatoms. The van der Waals surface area contributed by atoms with Crippen molar-refractivity contribution >= 4 is 27.2 Å². The molecule has 0 amide bonds. The summed E-state index contributed by atoms with van der Waals surface area (Å²) in [6.07, 6.45) is 4.74. The highest BCUT2D eigenvalue weighted by atomic mass is 32.1. The maximum atomic E-state index is 5.78. The van der Waals surface area contributed by atoms with Crippen molar-refractivity contribution in [3.8, 4) is 10.6 Å². The first-order valence-corrected chi connectivity index (χ1v) is 5.19. The van der Waals surface area contributed by atoms with Gasteiger partial charge < -0.3 is 10.2 Å². The molecule has 74 valence electrons. The van der Waals surface area contributed by atoms with Gasteiger partial charge in [0.25, 0.3) is 0 Å². The second-order valence-electron chi connectivity index (χ2n) is 3.10. The number of aromatic nitrogens is 2. The predicted octanol–water partition coefficient (Wildman–Crippen LogP) is 2.53. The van der Waals surface area contributed by atoms with Gasteiger partial charge in [-0.05, 0) is 17.5 Å². The van der Waals surface area contributed by atoms with Gasteiger partial charge in [0.15, 0.2) is 6.39 Å². The Morgan fingerprint density at radius 3 is 3.00 bits per heavy atom. The van der Waals surface area contributed by atoms with E-state index in [4.69, 9.17) is 10.2 Å². The first kappa shape index (κ1) is 8.43. The van der Waals surface area contributed by atoms with E-state index in [1.165, 1.54) is 6.39 Å². The van der Waals surface area contributed by atoms with Crippen LogP contribution in [0.2, 0.25) is 0 Å². The third-order valence-corrected chi connectivity index (χ3v) is 3.34. The highest BCUT2D eigenvalue weighted by Gasteiger charge is 2.08. The molecule has 0 aliphatic carbocycles. The quantitative estimate of drug-likeness (QED) is 0.680. The summed E-state index contributed by atoms with van der Waals surface area (Å²) < 4.78 is 5.94. The lowest BCUT2D eigenvalue weighted by atomic mass is 10.3. The molecule has 2 N–H and O–H groups in total. The molecule has 15 heavy (non-hydrogen) atoms. The maximum Gasteiger partial charge on any atom is 0.181 e. The molecule has 0 saturated heterocycles. The van der Waals surface area contributed by atoms with Gasteiger partial charge in [-0.15, -0.1) is 11.3 Å². The normalized spacial score (nSPS) is 10.9. The lowest BCUT2D eigenvalue weighted by Crippen LogP contribution is -1.86. The molecule has 0 atom stereocenters. The number of pyridine rings is 1. The zero-order valence-corrected chi connectivity index (χ0v) is 8.49. The van der Waals surface area contributed by atoms with E-state index in [2.05, 4.69) is 9.97 Å². The molecular weight excluding hydrogens is 210 g/mol. The fourth-order valence-electron chi connectivity index (χ4n) is 1.45. The Hall–Kier alpha value is -1.88. The largest absolute Gasteiger partial charge is 0.451 e. The maximum absolute atomic E-state index is 5.78. The Kier molecular flexibility index (Phi) is 1.72. The summed E-state index contributed by atoms with van der Waals surface area (Å²) in [5.74, 6) is 0.562. The Bertz CT molecular complexity index is 600. The summed E-state index contributed by atoms with van der Waals surface area (Å²) in [5.41, 5.74) is 6.61. The summed E-state index contributed by atoms with van der Waals surface area (Å²) in [7, 11) is 0. The number of nitrogens with two attached hydrogens (primary N) is 1. The third-order valence-electron chi connectivity index (χ3n) is 2.15. The first-order valence-electron chi connectivity index (χ1n) is 4.37. The molecule has 4 nitrogen and oxygen atoms in total. The molecule has 0 fully saturated rings. The zero-order chi connectivity index (χ0) is 10.3. The van der Waals surface area contributed by atoms with Crippen LogP contribution in [0.4, 0.5) is 5.82 Å². The van der Waals surface area contributed by atoms with Gasteiger partial charge in [-0.25, -0.2) is 9.97 Å². The SMILES string of the molecule is Nc1nccc2cc(-c3cocn3)sc12. The zero-order valence-electron chi connectivity index (χ0n) is 7.68. The van der Waals surface area contributed by atoms with Gasteiger partial charge in [0.2, 0.25) is 0 Å². The lowest BCUT2D eigenvalue weighted by Gasteiger charge is -1.90. The van der Waals surface area contributed by atoms with Crippen LogP contribution in [0.5, 0.6) is 0 Å². The van der Waals surface area contributed by atoms with Crippen LogP contribution in [0.15, 0.2) is 35.4 Å². The number of oxazole rings is 1. The number of rotatable bonds is 1. The fourth-order valence-corrected chi connectivity index (χ4v) is 2.46. The summed E-state index contributed by atoms with van der Waals surface area (Å²) in [6, 6.07) is 3.97. The topological polar surface area (TPSA) is 64.9 Å². The van der Waals surface area contributed by atoms with Crippen molar-refractivity contribution in [1.82, 2.24) is 9.97 Å². The summed E-state index contributed by atoms with van der Waals surface area (Å²) >= 11 is 1.57. The van der Waals surface area contributed by atoms with Crippen molar-refractivity contribution in [2.75, 3.05) is 5.73 Å². The van der Waals surface area contributed by atoms with Crippen molar-refractivity contribution in [3.63, 3.8) is 0 Å². The summed E-state index contributed by atoms with van der Waals surface area (Å²) in [6.45, 7) is 0. The van der Waals surface area contributed by atoms with Crippen LogP contribution in [-0.2, 0) is 0 Å². The number of hydrogen-bond donors (Lipinski definition) is 1. The van der Waals surface area contributed by atoms with E-state index in [0.717, 1.165) is 20.7 Å². The molecule has 3 aromatic rings. The fraction of sp³-hybridized carbons (Fsp3) is 0. The molecule has 0 radical (unpaired) electrons. The van der Waals surface area contributed by atoms with Crippen molar-refractivity contribution in [2.45, 2.75) is 0 Å². The van der Waals surface area contributed by atoms with Crippen LogP contribution in [-0.4, -0.2) is 9.97 Å². The smallest absolute Gasteiger partial charge is 0.181 e. The predicted molar refractivity (Wildman–Crippen MR) is 59.5 cm³/mol. The summed E-state index contributed by atoms with van der Waals surface area (Å²) in [4.78, 5) is 9.18. The molecule has 3 heterocycles. The van der Waals surface area contributed by atoms with Gasteiger partial charge in [0.05, 0.1) is 9.58 Å². The van der Waals surface area contributed by atoms with E-state index in [0.29, 0.717) is 5.82 Å². The molecule has 3 rings (SSSR count). The Morgan fingerprint density at radius 1 is 1.33 bits per heavy atom. The number of thiophene rings is 1. The lowest BCUT2D eigenvalue weighted by molar-refractivity contribution is 0.558. The Balaban J connectivity index is 2.27. The monoisotopic (exact) mass is 217 g/mol. The molecule has 0 unspecified atom stereocenters. The van der Waals surface area contributed by atoms with Crippen LogP contribution < -0.4 is 5.73 Å². The highest BCUT2D eigenvalue weighted by Crippen LogP contribution is 2.34. The van der Waals surface area contributed by atoms with Crippen molar-refractivity contribution in [2.24, 2.45) is 0 Å². The summed E-state index contributed by atoms with van der Waals surface area (Å²) in [5, 5.41) is 1.09. The van der Waals surface area contributed by atoms with E-state index in [9.17, 15) is 0 Å². The van der Waals surface area contributed by atoms with Crippen LogP contribution in [0.25, 0.3) is 20.7 Å². The molecule has 0 aliphatic heterocycles. The van der Waals surface area contributed by atoms with Gasteiger partial charge >= 0.3 is 0 Å². The number of anilines is 1. The molecule has 0 aromatic carbocycles. The van der Waals surface area contributed by atoms with E-state index in [1.54, 1.807) is 23.8 Å². The van der Waals surface area contributed by atoms with Crippen LogP contribution >= 0.6 is 11.3 Å². The van der Waals surface area contributed by atoms with Crippen molar-refractivity contribution in [3.05, 3.63) is 31.0 Å². The molecule has 0 spiro atoms. The third kappa shape index (κ3) is 1.28. The van der Waals surface area contributed by atoms with E-state index in [1.807, 2.05) is 12.1 Å². The van der Waals surface area contributed by atoms with Crippen LogP contribution in [0.1, 0.15) is 0 Å². The highest BCUT2D eigenvalue weighted by molar-refractivity contribution is 7.22. The van der Waals surface area contributed by atoms with Gasteiger partial charge in [-0.1, -0.05) is 0 Å². The van der Waals surface area contributed by atoms with E-state index >= 15 is 0 Å². The number of nitrogen functional groups attached to an aromatic ring is 1. The van der Waals surface area contributed by atoms with Gasteiger partial charge in [-0.2, -0.15) is 0 Å². The van der Waals surface area contributed by atoms with Gasteiger partial charge in [0.1, 0.15) is 17.8 Å².